The molecule has 0 radical (unpaired) electrons. The number of nitrogens with zero attached hydrogens (tertiary/aromatic N) is 2. The van der Waals surface area contributed by atoms with Gasteiger partial charge in [0.2, 0.25) is 0 Å². The molecule has 1 N–H and O–H groups in total. The number of piperazine rings is 1. The van der Waals surface area contributed by atoms with E-state index in [1.54, 1.807) is 25.3 Å². The fraction of sp³-hybridized carbons (Fsp3) is 0.217. The second kappa shape index (κ2) is 9.00. The fourth-order valence-electron chi connectivity index (χ4n) is 3.52. The molecule has 1 aliphatic heterocycles. The van der Waals surface area contributed by atoms with Crippen molar-refractivity contribution in [3.05, 3.63) is 76.5 Å². The van der Waals surface area contributed by atoms with E-state index in [0.29, 0.717) is 29.2 Å². The Balaban J connectivity index is 1.44. The lowest BCUT2D eigenvalue weighted by atomic mass is 10.1. The van der Waals surface area contributed by atoms with Crippen molar-refractivity contribution < 1.29 is 14.3 Å². The van der Waals surface area contributed by atoms with Gasteiger partial charge in [0.05, 0.1) is 23.2 Å². The molecule has 0 spiro atoms. The van der Waals surface area contributed by atoms with Gasteiger partial charge < -0.3 is 19.9 Å². The molecule has 0 unspecified atom stereocenters. The van der Waals surface area contributed by atoms with Gasteiger partial charge in [-0.1, -0.05) is 24.3 Å². The Hall–Kier alpha value is -3.32. The highest BCUT2D eigenvalue weighted by Crippen LogP contribution is 2.24. The Labute approximate surface area is 179 Å². The van der Waals surface area contributed by atoms with Crippen LogP contribution in [0.2, 0.25) is 0 Å². The Kier molecular flexibility index (Phi) is 5.99. The Morgan fingerprint density at radius 1 is 0.967 bits per heavy atom. The lowest BCUT2D eigenvalue weighted by Gasteiger charge is -2.36. The number of ether oxygens (including phenoxy) is 1. The number of anilines is 2. The third kappa shape index (κ3) is 4.31. The Bertz CT molecular complexity index is 1030. The molecule has 2 amide bonds. The quantitative estimate of drug-likeness (QED) is 0.677. The van der Waals surface area contributed by atoms with Crippen molar-refractivity contribution in [2.75, 3.05) is 43.5 Å². The van der Waals surface area contributed by atoms with E-state index in [-0.39, 0.29) is 11.8 Å². The van der Waals surface area contributed by atoms with Crippen LogP contribution >= 0.6 is 11.3 Å². The first kappa shape index (κ1) is 20.0. The maximum Gasteiger partial charge on any atom is 0.265 e. The summed E-state index contributed by atoms with van der Waals surface area (Å²) in [6.07, 6.45) is 0. The van der Waals surface area contributed by atoms with Crippen molar-refractivity contribution in [2.24, 2.45) is 0 Å². The van der Waals surface area contributed by atoms with Gasteiger partial charge in [-0.3, -0.25) is 9.59 Å². The average molecular weight is 422 g/mol. The van der Waals surface area contributed by atoms with Crippen molar-refractivity contribution in [1.29, 1.82) is 0 Å². The number of nitrogens with one attached hydrogen (secondary N) is 1. The third-order valence-corrected chi connectivity index (χ3v) is 6.00. The van der Waals surface area contributed by atoms with Crippen LogP contribution in [0.25, 0.3) is 0 Å². The summed E-state index contributed by atoms with van der Waals surface area (Å²) in [5.41, 5.74) is 2.14. The molecule has 2 heterocycles. The van der Waals surface area contributed by atoms with E-state index in [4.69, 9.17) is 4.74 Å². The zero-order valence-corrected chi connectivity index (χ0v) is 17.5. The van der Waals surface area contributed by atoms with Crippen LogP contribution in [0.4, 0.5) is 11.4 Å². The van der Waals surface area contributed by atoms with Crippen LogP contribution in [0.15, 0.2) is 66.0 Å². The first-order valence-electron chi connectivity index (χ1n) is 9.78. The molecule has 154 valence electrons. The van der Waals surface area contributed by atoms with Gasteiger partial charge in [0, 0.05) is 37.9 Å². The highest BCUT2D eigenvalue weighted by atomic mass is 32.1. The van der Waals surface area contributed by atoms with Crippen LogP contribution in [-0.4, -0.2) is 50.0 Å². The Morgan fingerprint density at radius 3 is 2.50 bits per heavy atom. The van der Waals surface area contributed by atoms with Crippen molar-refractivity contribution >= 4 is 34.5 Å². The number of methoxy groups -OCH3 is 1. The maximum absolute atomic E-state index is 13.2. The molecule has 0 saturated carbocycles. The molecule has 6 nitrogen and oxygen atoms in total. The van der Waals surface area contributed by atoms with Crippen LogP contribution in [-0.2, 0) is 0 Å². The molecular formula is C23H23N3O3S. The second-order valence-electron chi connectivity index (χ2n) is 6.96. The van der Waals surface area contributed by atoms with Crippen molar-refractivity contribution in [2.45, 2.75) is 0 Å². The zero-order chi connectivity index (χ0) is 20.9. The largest absolute Gasteiger partial charge is 0.497 e. The smallest absolute Gasteiger partial charge is 0.265 e. The van der Waals surface area contributed by atoms with E-state index in [1.807, 2.05) is 46.7 Å². The summed E-state index contributed by atoms with van der Waals surface area (Å²) in [4.78, 5) is 30.3. The highest BCUT2D eigenvalue weighted by Gasteiger charge is 2.24. The van der Waals surface area contributed by atoms with Gasteiger partial charge >= 0.3 is 0 Å². The van der Waals surface area contributed by atoms with E-state index in [9.17, 15) is 9.59 Å². The first-order chi connectivity index (χ1) is 14.7. The van der Waals surface area contributed by atoms with Gasteiger partial charge in [0.1, 0.15) is 5.75 Å². The van der Waals surface area contributed by atoms with Crippen LogP contribution in [0.1, 0.15) is 20.0 Å². The second-order valence-corrected chi connectivity index (χ2v) is 7.91. The number of hydrogen-bond donors (Lipinski definition) is 1. The predicted molar refractivity (Wildman–Crippen MR) is 120 cm³/mol. The molecule has 30 heavy (non-hydrogen) atoms. The molecule has 1 aliphatic rings. The standard InChI is InChI=1S/C23H23N3O3S/c1-29-18-7-4-6-17(16-18)25-11-13-26(14-12-25)23(28)19-8-2-3-9-20(19)24-22(27)21-10-5-15-30-21/h2-10,15-16H,11-14H2,1H3,(H,24,27). The number of para-hydroxylation sites is 1. The monoisotopic (exact) mass is 421 g/mol. The number of benzene rings is 2. The molecule has 7 heteroatoms. The number of rotatable bonds is 5. The lowest BCUT2D eigenvalue weighted by molar-refractivity contribution is 0.0748. The van der Waals surface area contributed by atoms with E-state index in [2.05, 4.69) is 16.3 Å². The van der Waals surface area contributed by atoms with E-state index in [0.717, 1.165) is 24.5 Å². The molecule has 0 atom stereocenters. The number of carbonyl (C=O) groups is 2. The number of amides is 2. The van der Waals surface area contributed by atoms with E-state index in [1.165, 1.54) is 11.3 Å². The highest BCUT2D eigenvalue weighted by molar-refractivity contribution is 7.12. The number of carbonyl (C=O) groups excluding carboxylic acids is 2. The topological polar surface area (TPSA) is 61.9 Å². The Morgan fingerprint density at radius 2 is 1.77 bits per heavy atom. The third-order valence-electron chi connectivity index (χ3n) is 5.14. The fourth-order valence-corrected chi connectivity index (χ4v) is 4.13. The van der Waals surface area contributed by atoms with Gasteiger partial charge in [-0.25, -0.2) is 0 Å². The van der Waals surface area contributed by atoms with Crippen LogP contribution in [0.3, 0.4) is 0 Å². The number of hydrogen-bond acceptors (Lipinski definition) is 5. The van der Waals surface area contributed by atoms with Crippen molar-refractivity contribution in [1.82, 2.24) is 4.90 Å². The zero-order valence-electron chi connectivity index (χ0n) is 16.7. The minimum absolute atomic E-state index is 0.0672. The molecule has 2 aromatic carbocycles. The van der Waals surface area contributed by atoms with Crippen molar-refractivity contribution in [3.63, 3.8) is 0 Å². The minimum Gasteiger partial charge on any atom is -0.497 e. The molecule has 1 saturated heterocycles. The van der Waals surface area contributed by atoms with Crippen LogP contribution in [0, 0.1) is 0 Å². The molecule has 1 aromatic heterocycles. The first-order valence-corrected chi connectivity index (χ1v) is 10.7. The molecule has 0 aliphatic carbocycles. The summed E-state index contributed by atoms with van der Waals surface area (Å²) in [5.74, 6) is 0.553. The van der Waals surface area contributed by atoms with Crippen molar-refractivity contribution in [3.8, 4) is 5.75 Å². The molecule has 1 fully saturated rings. The summed E-state index contributed by atoms with van der Waals surface area (Å²) in [6.45, 7) is 2.71. The van der Waals surface area contributed by atoms with Gasteiger partial charge in [-0.15, -0.1) is 11.3 Å². The summed E-state index contributed by atoms with van der Waals surface area (Å²) >= 11 is 1.37. The van der Waals surface area contributed by atoms with Gasteiger partial charge in [0.25, 0.3) is 11.8 Å². The normalized spacial score (nSPS) is 13.8. The molecule has 3 aromatic rings. The lowest BCUT2D eigenvalue weighted by Crippen LogP contribution is -2.49. The summed E-state index contributed by atoms with van der Waals surface area (Å²) in [7, 11) is 1.66. The average Bonchev–Trinajstić information content (AvgIpc) is 3.34. The summed E-state index contributed by atoms with van der Waals surface area (Å²) < 4.78 is 5.31. The molecule has 4 rings (SSSR count). The van der Waals surface area contributed by atoms with Gasteiger partial charge in [-0.2, -0.15) is 0 Å². The summed E-state index contributed by atoms with van der Waals surface area (Å²) in [5, 5.41) is 4.73. The van der Waals surface area contributed by atoms with Gasteiger partial charge in [-0.05, 0) is 35.7 Å². The van der Waals surface area contributed by atoms with Crippen LogP contribution < -0.4 is 15.0 Å². The van der Waals surface area contributed by atoms with E-state index >= 15 is 0 Å². The van der Waals surface area contributed by atoms with Crippen LogP contribution in [0.5, 0.6) is 5.75 Å². The van der Waals surface area contributed by atoms with Gasteiger partial charge in [0.15, 0.2) is 0 Å². The maximum atomic E-state index is 13.2. The SMILES string of the molecule is COc1cccc(N2CCN(C(=O)c3ccccc3NC(=O)c3cccs3)CC2)c1. The molecular weight excluding hydrogens is 398 g/mol. The predicted octanol–water partition coefficient (Wildman–Crippen LogP) is 3.97. The summed E-state index contributed by atoms with van der Waals surface area (Å²) in [6, 6.07) is 18.7. The number of thiophene rings is 1. The van der Waals surface area contributed by atoms with E-state index < -0.39 is 0 Å². The minimum atomic E-state index is -0.201. The molecule has 0 bridgehead atoms.